The number of carbonyl (C=O) groups is 1. The zero-order valence-electron chi connectivity index (χ0n) is 18.5. The molecule has 1 aliphatic rings. The highest BCUT2D eigenvalue weighted by atomic mass is 32.2. The van der Waals surface area contributed by atoms with Crippen molar-refractivity contribution in [2.45, 2.75) is 58.1 Å². The number of carbonyl (C=O) groups excluding carboxylic acids is 1. The van der Waals surface area contributed by atoms with Gasteiger partial charge in [0.05, 0.1) is 29.9 Å². The van der Waals surface area contributed by atoms with Crippen molar-refractivity contribution in [2.75, 3.05) is 11.5 Å². The number of hydrogen-bond acceptors (Lipinski definition) is 7. The second kappa shape index (κ2) is 7.74. The molecule has 1 aromatic carbocycles. The first-order valence-electron chi connectivity index (χ1n) is 10.5. The highest BCUT2D eigenvalue weighted by molar-refractivity contribution is 7.91. The van der Waals surface area contributed by atoms with E-state index in [0.29, 0.717) is 16.7 Å². The van der Waals surface area contributed by atoms with E-state index in [9.17, 15) is 23.1 Å². The number of amides is 1. The van der Waals surface area contributed by atoms with Crippen LogP contribution in [0.2, 0.25) is 0 Å². The Morgan fingerprint density at radius 3 is 2.53 bits per heavy atom. The summed E-state index contributed by atoms with van der Waals surface area (Å²) in [5.74, 6) is -1.07. The minimum absolute atomic E-state index is 0.0262. The van der Waals surface area contributed by atoms with Gasteiger partial charge in [-0.15, -0.1) is 0 Å². The normalized spacial score (nSPS) is 20.8. The summed E-state index contributed by atoms with van der Waals surface area (Å²) in [7, 11) is -3.36. The fourth-order valence-electron chi connectivity index (χ4n) is 4.26. The summed E-state index contributed by atoms with van der Waals surface area (Å²) < 4.78 is 34.4. The van der Waals surface area contributed by atoms with Crippen molar-refractivity contribution in [3.63, 3.8) is 0 Å². The van der Waals surface area contributed by atoms with E-state index in [1.807, 2.05) is 13.0 Å². The van der Waals surface area contributed by atoms with Gasteiger partial charge in [-0.05, 0) is 30.4 Å². The van der Waals surface area contributed by atoms with E-state index in [-0.39, 0.29) is 29.8 Å². The SMILES string of the molecule is Cc1c(CCC(=O)NC2CS(=O)(=O)CC2O)c(=O)oc2cc3occ(C(C)(C)C)c3cc12. The number of nitrogens with one attached hydrogen (secondary N) is 1. The Balaban J connectivity index is 1.60. The molecule has 172 valence electrons. The van der Waals surface area contributed by atoms with Crippen LogP contribution in [0.1, 0.15) is 43.9 Å². The lowest BCUT2D eigenvalue weighted by atomic mass is 9.86. The molecule has 3 aromatic rings. The van der Waals surface area contributed by atoms with Crippen LogP contribution in [0, 0.1) is 6.92 Å². The third-order valence-electron chi connectivity index (χ3n) is 6.06. The molecule has 0 spiro atoms. The van der Waals surface area contributed by atoms with Gasteiger partial charge in [0.1, 0.15) is 11.2 Å². The van der Waals surface area contributed by atoms with E-state index in [1.54, 1.807) is 12.3 Å². The van der Waals surface area contributed by atoms with Crippen LogP contribution < -0.4 is 10.9 Å². The second-order valence-electron chi connectivity index (χ2n) is 9.56. The molecule has 32 heavy (non-hydrogen) atoms. The number of hydrogen-bond donors (Lipinski definition) is 2. The van der Waals surface area contributed by atoms with Crippen molar-refractivity contribution in [1.29, 1.82) is 0 Å². The molecule has 3 heterocycles. The zero-order valence-corrected chi connectivity index (χ0v) is 19.3. The van der Waals surface area contributed by atoms with Gasteiger partial charge in [0, 0.05) is 34.4 Å². The molecule has 1 saturated heterocycles. The summed E-state index contributed by atoms with van der Waals surface area (Å²) >= 11 is 0. The van der Waals surface area contributed by atoms with Crippen molar-refractivity contribution in [2.24, 2.45) is 0 Å². The summed E-state index contributed by atoms with van der Waals surface area (Å²) in [5.41, 5.74) is 2.59. The van der Waals surface area contributed by atoms with Crippen molar-refractivity contribution in [1.82, 2.24) is 5.32 Å². The van der Waals surface area contributed by atoms with E-state index >= 15 is 0 Å². The molecule has 1 fully saturated rings. The number of aliphatic hydroxyl groups is 1. The molecule has 0 radical (unpaired) electrons. The molecule has 1 aliphatic heterocycles. The van der Waals surface area contributed by atoms with Crippen LogP contribution in [-0.2, 0) is 26.5 Å². The van der Waals surface area contributed by atoms with Crippen molar-refractivity contribution >= 4 is 37.7 Å². The molecule has 0 bridgehead atoms. The minimum atomic E-state index is -3.36. The minimum Gasteiger partial charge on any atom is -0.464 e. The number of fused-ring (bicyclic) bond motifs is 2. The van der Waals surface area contributed by atoms with Crippen LogP contribution in [0.25, 0.3) is 21.9 Å². The number of benzene rings is 1. The molecular weight excluding hydrogens is 434 g/mol. The van der Waals surface area contributed by atoms with Crippen LogP contribution in [0.5, 0.6) is 0 Å². The summed E-state index contributed by atoms with van der Waals surface area (Å²) in [4.78, 5) is 24.9. The molecule has 8 nitrogen and oxygen atoms in total. The first-order chi connectivity index (χ1) is 14.9. The van der Waals surface area contributed by atoms with Gasteiger partial charge in [0.2, 0.25) is 5.91 Å². The zero-order chi connectivity index (χ0) is 23.4. The van der Waals surface area contributed by atoms with E-state index in [2.05, 4.69) is 26.1 Å². The number of furan rings is 1. The monoisotopic (exact) mass is 461 g/mol. The molecule has 0 aliphatic carbocycles. The Morgan fingerprint density at radius 1 is 1.19 bits per heavy atom. The van der Waals surface area contributed by atoms with Gasteiger partial charge in [-0.25, -0.2) is 13.2 Å². The molecular formula is C23H27NO7S. The van der Waals surface area contributed by atoms with Gasteiger partial charge in [-0.3, -0.25) is 4.79 Å². The third kappa shape index (κ3) is 4.19. The Kier molecular flexibility index (Phi) is 5.45. The molecule has 4 rings (SSSR count). The maximum atomic E-state index is 12.6. The van der Waals surface area contributed by atoms with Crippen molar-refractivity contribution in [3.05, 3.63) is 45.5 Å². The van der Waals surface area contributed by atoms with Crippen LogP contribution in [0.3, 0.4) is 0 Å². The number of rotatable bonds is 4. The van der Waals surface area contributed by atoms with Gasteiger partial charge in [0.25, 0.3) is 0 Å². The summed E-state index contributed by atoms with van der Waals surface area (Å²) in [6, 6.07) is 2.84. The van der Waals surface area contributed by atoms with Crippen molar-refractivity contribution in [3.8, 4) is 0 Å². The van der Waals surface area contributed by atoms with Crippen LogP contribution in [-0.4, -0.2) is 43.1 Å². The molecule has 1 amide bonds. The Bertz CT molecular complexity index is 1380. The maximum Gasteiger partial charge on any atom is 0.339 e. The largest absolute Gasteiger partial charge is 0.464 e. The fraction of sp³-hybridized carbons (Fsp3) is 0.478. The lowest BCUT2D eigenvalue weighted by molar-refractivity contribution is -0.122. The maximum absolute atomic E-state index is 12.6. The quantitative estimate of drug-likeness (QED) is 0.571. The lowest BCUT2D eigenvalue weighted by Crippen LogP contribution is -2.42. The topological polar surface area (TPSA) is 127 Å². The van der Waals surface area contributed by atoms with E-state index in [1.165, 1.54) is 0 Å². The Labute approximate surface area is 185 Å². The number of sulfone groups is 1. The fourth-order valence-corrected chi connectivity index (χ4v) is 6.01. The molecule has 2 aromatic heterocycles. The van der Waals surface area contributed by atoms with Crippen LogP contribution >= 0.6 is 0 Å². The predicted octanol–water partition coefficient (Wildman–Crippen LogP) is 2.35. The molecule has 2 atom stereocenters. The summed E-state index contributed by atoms with van der Waals surface area (Å²) in [5, 5.41) is 14.1. The van der Waals surface area contributed by atoms with E-state index in [4.69, 9.17) is 8.83 Å². The van der Waals surface area contributed by atoms with Crippen LogP contribution in [0.15, 0.2) is 32.0 Å². The molecule has 9 heteroatoms. The van der Waals surface area contributed by atoms with E-state index < -0.39 is 33.5 Å². The van der Waals surface area contributed by atoms with Gasteiger partial charge in [-0.2, -0.15) is 0 Å². The predicted molar refractivity (Wildman–Crippen MR) is 121 cm³/mol. The van der Waals surface area contributed by atoms with Gasteiger partial charge < -0.3 is 19.3 Å². The first kappa shape index (κ1) is 22.5. The first-order valence-corrected chi connectivity index (χ1v) is 12.3. The Morgan fingerprint density at radius 2 is 1.91 bits per heavy atom. The highest BCUT2D eigenvalue weighted by Crippen LogP contribution is 2.35. The highest BCUT2D eigenvalue weighted by Gasteiger charge is 2.37. The summed E-state index contributed by atoms with van der Waals surface area (Å²) in [6.07, 6.45) is 0.716. The number of aryl methyl sites for hydroxylation is 1. The van der Waals surface area contributed by atoms with Crippen LogP contribution in [0.4, 0.5) is 0 Å². The number of aliphatic hydroxyl groups excluding tert-OH is 1. The molecule has 0 saturated carbocycles. The second-order valence-corrected chi connectivity index (χ2v) is 11.7. The van der Waals surface area contributed by atoms with Gasteiger partial charge in [-0.1, -0.05) is 20.8 Å². The average molecular weight is 462 g/mol. The van der Waals surface area contributed by atoms with E-state index in [0.717, 1.165) is 21.9 Å². The summed E-state index contributed by atoms with van der Waals surface area (Å²) in [6.45, 7) is 8.10. The smallest absolute Gasteiger partial charge is 0.339 e. The lowest BCUT2D eigenvalue weighted by Gasteiger charge is -2.17. The Hall–Kier alpha value is -2.65. The van der Waals surface area contributed by atoms with Crippen molar-refractivity contribution < 1.29 is 27.2 Å². The average Bonchev–Trinajstić information content (AvgIpc) is 3.19. The van der Waals surface area contributed by atoms with Gasteiger partial charge >= 0.3 is 5.63 Å². The standard InChI is InChI=1S/C23H27NO7S/c1-12-13(5-6-21(26)24-17-10-32(28,29)11-18(17)25)22(27)31-20-8-19-15(7-14(12)20)16(9-30-19)23(2,3)4/h7-9,17-18,25H,5-6,10-11H2,1-4H3,(H,24,26). The molecule has 2 unspecified atom stereocenters. The van der Waals surface area contributed by atoms with Gasteiger partial charge in [0.15, 0.2) is 9.84 Å². The molecule has 2 N–H and O–H groups in total. The third-order valence-corrected chi connectivity index (χ3v) is 7.78.